The van der Waals surface area contributed by atoms with Crippen molar-refractivity contribution in [2.24, 2.45) is 5.73 Å². The third-order valence-corrected chi connectivity index (χ3v) is 5.18. The minimum Gasteiger partial charge on any atom is -0.404 e. The third kappa shape index (κ3) is 6.96. The number of allylic oxidation sites excluding steroid dienone is 2. The summed E-state index contributed by atoms with van der Waals surface area (Å²) in [5, 5.41) is 35.9. The van der Waals surface area contributed by atoms with Gasteiger partial charge in [0, 0.05) is 29.7 Å². The number of hydrogen-bond acceptors (Lipinski definition) is 7. The maximum Gasteiger partial charge on any atom is 0.417 e. The van der Waals surface area contributed by atoms with Gasteiger partial charge < -0.3 is 21.5 Å². The average Bonchev–Trinajstić information content (AvgIpc) is 2.90. The Labute approximate surface area is 214 Å². The van der Waals surface area contributed by atoms with E-state index < -0.39 is 34.4 Å². The van der Waals surface area contributed by atoms with Crippen molar-refractivity contribution < 1.29 is 28.0 Å². The fourth-order valence-electron chi connectivity index (χ4n) is 3.35. The van der Waals surface area contributed by atoms with E-state index >= 15 is 0 Å². The summed E-state index contributed by atoms with van der Waals surface area (Å²) in [6, 6.07) is 18.8. The maximum absolute atomic E-state index is 13.3. The Morgan fingerprint density at radius 1 is 1.03 bits per heavy atom. The topological polar surface area (TPSA) is 154 Å². The summed E-state index contributed by atoms with van der Waals surface area (Å²) in [5.74, 6) is -0.974. The van der Waals surface area contributed by atoms with Crippen molar-refractivity contribution in [2.75, 3.05) is 10.6 Å². The number of nitrogens with two attached hydrogens (primary N) is 1. The van der Waals surface area contributed by atoms with Gasteiger partial charge in [-0.25, -0.2) is 0 Å². The van der Waals surface area contributed by atoms with E-state index in [0.29, 0.717) is 12.3 Å². The van der Waals surface area contributed by atoms with Gasteiger partial charge in [0.1, 0.15) is 11.8 Å². The van der Waals surface area contributed by atoms with Crippen molar-refractivity contribution >= 4 is 23.0 Å². The largest absolute Gasteiger partial charge is 0.417 e. The van der Waals surface area contributed by atoms with E-state index in [4.69, 9.17) is 11.0 Å². The summed E-state index contributed by atoms with van der Waals surface area (Å²) >= 11 is 0. The summed E-state index contributed by atoms with van der Waals surface area (Å²) in [6.07, 6.45) is -5.29. The summed E-state index contributed by atoms with van der Waals surface area (Å²) in [6.45, 7) is 0. The quantitative estimate of drug-likeness (QED) is 0.142. The highest BCUT2D eigenvalue weighted by Gasteiger charge is 2.33. The first-order valence-corrected chi connectivity index (χ1v) is 10.8. The molecule has 9 nitrogen and oxygen atoms in total. The van der Waals surface area contributed by atoms with Crippen LogP contribution in [0.5, 0.6) is 0 Å². The normalized spacial score (nSPS) is 12.8. The SMILES string of the molecule is N#Cc1cccc(N/C(=C\C(=CN)C(F)(F)F)C(=O)Nc2cccc(C(O)c3cccc([N+](=O)[O-])c3)c2)c1. The van der Waals surface area contributed by atoms with Gasteiger partial charge in [0.05, 0.1) is 22.1 Å². The van der Waals surface area contributed by atoms with Crippen LogP contribution in [0.4, 0.5) is 30.2 Å². The fourth-order valence-corrected chi connectivity index (χ4v) is 3.35. The van der Waals surface area contributed by atoms with Crippen molar-refractivity contribution in [3.8, 4) is 6.07 Å². The first-order chi connectivity index (χ1) is 18.0. The minimum atomic E-state index is -4.85. The molecule has 0 spiro atoms. The zero-order valence-electron chi connectivity index (χ0n) is 19.4. The molecule has 0 aliphatic heterocycles. The van der Waals surface area contributed by atoms with E-state index in [-0.39, 0.29) is 33.8 Å². The van der Waals surface area contributed by atoms with Crippen LogP contribution in [0.3, 0.4) is 0 Å². The van der Waals surface area contributed by atoms with Gasteiger partial charge in [-0.1, -0.05) is 30.3 Å². The van der Waals surface area contributed by atoms with E-state index in [9.17, 15) is 33.2 Å². The highest BCUT2D eigenvalue weighted by atomic mass is 19.4. The summed E-state index contributed by atoms with van der Waals surface area (Å²) in [5.41, 5.74) is 4.11. The summed E-state index contributed by atoms with van der Waals surface area (Å²) < 4.78 is 40.0. The van der Waals surface area contributed by atoms with Gasteiger partial charge >= 0.3 is 6.18 Å². The van der Waals surface area contributed by atoms with Crippen LogP contribution in [0.2, 0.25) is 0 Å². The van der Waals surface area contributed by atoms with Crippen molar-refractivity contribution in [2.45, 2.75) is 12.3 Å². The molecule has 0 aromatic heterocycles. The Kier molecular flexibility index (Phi) is 8.46. The molecule has 1 atom stereocenters. The number of nitro groups is 1. The van der Waals surface area contributed by atoms with Crippen LogP contribution >= 0.6 is 0 Å². The van der Waals surface area contributed by atoms with Crippen molar-refractivity contribution in [1.82, 2.24) is 0 Å². The Hall–Kier alpha value is -5.15. The molecule has 0 aliphatic rings. The molecule has 0 aliphatic carbocycles. The first-order valence-electron chi connectivity index (χ1n) is 10.8. The van der Waals surface area contributed by atoms with Crippen LogP contribution in [0, 0.1) is 21.4 Å². The second-order valence-corrected chi connectivity index (χ2v) is 7.83. The minimum absolute atomic E-state index is 0.126. The number of nitrogens with one attached hydrogen (secondary N) is 2. The number of carbonyl (C=O) groups is 1. The van der Waals surface area contributed by atoms with Gasteiger partial charge in [-0.2, -0.15) is 18.4 Å². The molecule has 0 bridgehead atoms. The predicted molar refractivity (Wildman–Crippen MR) is 133 cm³/mol. The summed E-state index contributed by atoms with van der Waals surface area (Å²) in [7, 11) is 0. The summed E-state index contributed by atoms with van der Waals surface area (Å²) in [4.78, 5) is 23.5. The van der Waals surface area contributed by atoms with E-state index in [1.807, 2.05) is 6.07 Å². The Morgan fingerprint density at radius 2 is 1.63 bits per heavy atom. The molecule has 0 radical (unpaired) electrons. The van der Waals surface area contributed by atoms with Gasteiger partial charge in [-0.15, -0.1) is 0 Å². The molecule has 1 unspecified atom stereocenters. The number of rotatable bonds is 8. The number of nitrogens with zero attached hydrogens (tertiary/aromatic N) is 2. The lowest BCUT2D eigenvalue weighted by molar-refractivity contribution is -0.385. The highest BCUT2D eigenvalue weighted by Crippen LogP contribution is 2.29. The van der Waals surface area contributed by atoms with Crippen LogP contribution in [0.25, 0.3) is 0 Å². The number of hydrogen-bond donors (Lipinski definition) is 4. The number of aliphatic hydroxyl groups is 1. The number of alkyl halides is 3. The number of nitro benzene ring substituents is 1. The molecule has 1 amide bonds. The zero-order valence-corrected chi connectivity index (χ0v) is 19.4. The standard InChI is InChI=1S/C26H20F3N5O4/c27-26(28,29)19(15-31)13-23(32-20-7-1-4-16(10-20)14-30)25(36)33-21-8-2-5-17(11-21)24(35)18-6-3-9-22(12-18)34(37)38/h1-13,15,24,32,35H,31H2,(H,33,36)/b19-15?,23-13-. The molecule has 5 N–H and O–H groups in total. The number of non-ortho nitro benzene ring substituents is 1. The molecule has 3 aromatic carbocycles. The molecule has 0 saturated heterocycles. The Morgan fingerprint density at radius 3 is 2.24 bits per heavy atom. The number of anilines is 2. The van der Waals surface area contributed by atoms with Crippen LogP contribution < -0.4 is 16.4 Å². The second-order valence-electron chi connectivity index (χ2n) is 7.83. The van der Waals surface area contributed by atoms with Crippen LogP contribution in [0.1, 0.15) is 22.8 Å². The van der Waals surface area contributed by atoms with E-state index in [0.717, 1.165) is 0 Å². The second kappa shape index (κ2) is 11.7. The van der Waals surface area contributed by atoms with E-state index in [2.05, 4.69) is 10.6 Å². The number of nitriles is 1. The van der Waals surface area contributed by atoms with Gasteiger partial charge in [0.25, 0.3) is 11.6 Å². The molecule has 0 heterocycles. The number of aliphatic hydroxyl groups excluding tert-OH is 1. The van der Waals surface area contributed by atoms with Gasteiger partial charge in [0.2, 0.25) is 0 Å². The number of halogens is 3. The third-order valence-electron chi connectivity index (χ3n) is 5.18. The molecule has 0 fully saturated rings. The predicted octanol–water partition coefficient (Wildman–Crippen LogP) is 4.89. The molecular weight excluding hydrogens is 503 g/mol. The lowest BCUT2D eigenvalue weighted by Crippen LogP contribution is -2.22. The lowest BCUT2D eigenvalue weighted by atomic mass is 10.0. The molecule has 194 valence electrons. The molecule has 0 saturated carbocycles. The van der Waals surface area contributed by atoms with Crippen LogP contribution in [0.15, 0.2) is 96.3 Å². The number of amides is 1. The molecule has 38 heavy (non-hydrogen) atoms. The maximum atomic E-state index is 13.3. The molecule has 12 heteroatoms. The zero-order chi connectivity index (χ0) is 27.9. The van der Waals surface area contributed by atoms with E-state index in [1.54, 1.807) is 0 Å². The Balaban J connectivity index is 1.92. The molecule has 3 aromatic rings. The lowest BCUT2D eigenvalue weighted by Gasteiger charge is -2.16. The smallest absolute Gasteiger partial charge is 0.404 e. The number of carbonyl (C=O) groups excluding carboxylic acids is 1. The molecular formula is C26H20F3N5O4. The average molecular weight is 523 g/mol. The van der Waals surface area contributed by atoms with Crippen molar-refractivity contribution in [1.29, 1.82) is 5.26 Å². The van der Waals surface area contributed by atoms with Gasteiger partial charge in [-0.05, 0) is 47.5 Å². The van der Waals surface area contributed by atoms with Crippen LogP contribution in [-0.2, 0) is 4.79 Å². The highest BCUT2D eigenvalue weighted by molar-refractivity contribution is 6.06. The monoisotopic (exact) mass is 523 g/mol. The number of benzene rings is 3. The molecule has 3 rings (SSSR count). The van der Waals surface area contributed by atoms with Gasteiger partial charge in [-0.3, -0.25) is 14.9 Å². The first kappa shape index (κ1) is 27.4. The Bertz CT molecular complexity index is 1460. The van der Waals surface area contributed by atoms with Crippen molar-refractivity contribution in [3.05, 3.63) is 123 Å². The van der Waals surface area contributed by atoms with Crippen LogP contribution in [-0.4, -0.2) is 22.1 Å². The van der Waals surface area contributed by atoms with E-state index in [1.165, 1.54) is 72.8 Å². The van der Waals surface area contributed by atoms with Gasteiger partial charge in [0.15, 0.2) is 0 Å². The fraction of sp³-hybridized carbons (Fsp3) is 0.0769. The van der Waals surface area contributed by atoms with Crippen molar-refractivity contribution in [3.63, 3.8) is 0 Å².